The summed E-state index contributed by atoms with van der Waals surface area (Å²) in [5, 5.41) is 3.13. The van der Waals surface area contributed by atoms with E-state index in [-0.39, 0.29) is 29.1 Å². The normalized spacial score (nSPS) is 16.2. The summed E-state index contributed by atoms with van der Waals surface area (Å²) in [7, 11) is 3.26. The second-order valence-electron chi connectivity index (χ2n) is 8.17. The molecule has 1 amide bonds. The lowest BCUT2D eigenvalue weighted by Gasteiger charge is -2.36. The number of nitrogens with one attached hydrogen (secondary N) is 1. The molecular formula is C21H35ClN2O3. The first-order chi connectivity index (χ1) is 12.4. The smallest absolute Gasteiger partial charge is 0.220 e. The van der Waals surface area contributed by atoms with Gasteiger partial charge in [-0.05, 0) is 42.5 Å². The number of carbonyl (C=O) groups excluding carboxylic acids is 1. The fraction of sp³-hybridized carbons (Fsp3) is 0.667. The van der Waals surface area contributed by atoms with Crippen LogP contribution in [-0.2, 0) is 10.2 Å². The fourth-order valence-corrected chi connectivity index (χ4v) is 3.84. The highest BCUT2D eigenvalue weighted by molar-refractivity contribution is 5.85. The molecule has 1 aromatic rings. The number of hydrogen-bond donors (Lipinski definition) is 2. The minimum Gasteiger partial charge on any atom is -0.493 e. The molecule has 27 heavy (non-hydrogen) atoms. The summed E-state index contributed by atoms with van der Waals surface area (Å²) >= 11 is 0. The van der Waals surface area contributed by atoms with Crippen molar-refractivity contribution in [3.8, 4) is 11.5 Å². The minimum atomic E-state index is -0.211. The van der Waals surface area contributed by atoms with E-state index in [2.05, 4.69) is 19.2 Å². The molecule has 1 fully saturated rings. The summed E-state index contributed by atoms with van der Waals surface area (Å²) in [5.74, 6) is 1.51. The first-order valence-corrected chi connectivity index (χ1v) is 9.55. The van der Waals surface area contributed by atoms with Crippen LogP contribution in [0.1, 0.15) is 57.9 Å². The van der Waals surface area contributed by atoms with Gasteiger partial charge >= 0.3 is 0 Å². The number of methoxy groups -OCH3 is 2. The van der Waals surface area contributed by atoms with Gasteiger partial charge in [0.2, 0.25) is 5.91 Å². The van der Waals surface area contributed by atoms with Crippen molar-refractivity contribution >= 4 is 18.3 Å². The van der Waals surface area contributed by atoms with Crippen molar-refractivity contribution in [3.63, 3.8) is 0 Å². The van der Waals surface area contributed by atoms with Crippen molar-refractivity contribution in [2.24, 2.45) is 11.1 Å². The maximum absolute atomic E-state index is 12.6. The van der Waals surface area contributed by atoms with Crippen molar-refractivity contribution in [2.45, 2.75) is 57.8 Å². The van der Waals surface area contributed by atoms with Gasteiger partial charge in [0, 0.05) is 18.4 Å². The van der Waals surface area contributed by atoms with Gasteiger partial charge in [-0.3, -0.25) is 4.79 Å². The third kappa shape index (κ3) is 6.01. The molecule has 0 atom stereocenters. The Hall–Kier alpha value is -1.46. The number of halogens is 1. The third-order valence-electron chi connectivity index (χ3n) is 5.78. The molecule has 2 rings (SSSR count). The van der Waals surface area contributed by atoms with Gasteiger partial charge in [0.05, 0.1) is 14.2 Å². The molecule has 0 saturated heterocycles. The van der Waals surface area contributed by atoms with Crippen LogP contribution < -0.4 is 20.5 Å². The van der Waals surface area contributed by atoms with E-state index in [0.717, 1.165) is 18.4 Å². The molecule has 0 radical (unpaired) electrons. The van der Waals surface area contributed by atoms with Gasteiger partial charge in [-0.1, -0.05) is 39.2 Å². The number of rotatable bonds is 8. The van der Waals surface area contributed by atoms with Gasteiger partial charge < -0.3 is 20.5 Å². The van der Waals surface area contributed by atoms with Crippen LogP contribution in [0.15, 0.2) is 18.2 Å². The van der Waals surface area contributed by atoms with Gasteiger partial charge in [0.15, 0.2) is 11.5 Å². The first kappa shape index (κ1) is 23.6. The highest BCUT2D eigenvalue weighted by Crippen LogP contribution is 2.38. The quantitative estimate of drug-likeness (QED) is 0.698. The van der Waals surface area contributed by atoms with Gasteiger partial charge in [0.1, 0.15) is 0 Å². The number of hydrogen-bond acceptors (Lipinski definition) is 4. The summed E-state index contributed by atoms with van der Waals surface area (Å²) in [6, 6.07) is 5.91. The Labute approximate surface area is 169 Å². The molecule has 6 heteroatoms. The van der Waals surface area contributed by atoms with Crippen LogP contribution in [0.2, 0.25) is 0 Å². The predicted molar refractivity (Wildman–Crippen MR) is 112 cm³/mol. The Morgan fingerprint density at radius 3 is 2.33 bits per heavy atom. The molecule has 5 nitrogen and oxygen atoms in total. The van der Waals surface area contributed by atoms with Crippen LogP contribution in [0.25, 0.3) is 0 Å². The van der Waals surface area contributed by atoms with Crippen LogP contribution in [0.4, 0.5) is 0 Å². The Balaban J connectivity index is 0.00000364. The van der Waals surface area contributed by atoms with Crippen LogP contribution in [0, 0.1) is 5.41 Å². The number of benzene rings is 1. The average Bonchev–Trinajstić information content (AvgIpc) is 2.66. The summed E-state index contributed by atoms with van der Waals surface area (Å²) in [5.41, 5.74) is 6.90. The molecular weight excluding hydrogens is 364 g/mol. The highest BCUT2D eigenvalue weighted by Gasteiger charge is 2.33. The second kappa shape index (κ2) is 10.2. The van der Waals surface area contributed by atoms with Crippen molar-refractivity contribution in [2.75, 3.05) is 27.3 Å². The van der Waals surface area contributed by atoms with E-state index in [4.69, 9.17) is 15.2 Å². The summed E-state index contributed by atoms with van der Waals surface area (Å²) in [6.45, 7) is 5.41. The fourth-order valence-electron chi connectivity index (χ4n) is 3.84. The van der Waals surface area contributed by atoms with Crippen molar-refractivity contribution in [3.05, 3.63) is 23.8 Å². The Morgan fingerprint density at radius 1 is 1.15 bits per heavy atom. The van der Waals surface area contributed by atoms with Crippen molar-refractivity contribution < 1.29 is 14.3 Å². The van der Waals surface area contributed by atoms with Gasteiger partial charge in [0.25, 0.3) is 0 Å². The number of carbonyl (C=O) groups is 1. The maximum Gasteiger partial charge on any atom is 0.220 e. The molecule has 0 unspecified atom stereocenters. The molecule has 1 saturated carbocycles. The summed E-state index contributed by atoms with van der Waals surface area (Å²) in [6.07, 6.45) is 6.29. The van der Waals surface area contributed by atoms with E-state index in [9.17, 15) is 4.79 Å². The van der Waals surface area contributed by atoms with Crippen LogP contribution >= 0.6 is 12.4 Å². The monoisotopic (exact) mass is 398 g/mol. The SMILES string of the molecule is COc1ccc(C(C)(C)CNC(=O)CC2(CN)CCCCC2)cc1OC.Cl. The lowest BCUT2D eigenvalue weighted by atomic mass is 9.71. The Kier molecular flexibility index (Phi) is 8.89. The number of nitrogens with two attached hydrogens (primary N) is 1. The van der Waals surface area contributed by atoms with Crippen molar-refractivity contribution in [1.29, 1.82) is 0 Å². The zero-order valence-corrected chi connectivity index (χ0v) is 17.9. The number of ether oxygens (including phenoxy) is 2. The zero-order chi connectivity index (χ0) is 19.2. The molecule has 1 aromatic carbocycles. The van der Waals surface area contributed by atoms with Crippen LogP contribution in [0.3, 0.4) is 0 Å². The van der Waals surface area contributed by atoms with Gasteiger partial charge in [-0.15, -0.1) is 12.4 Å². The maximum atomic E-state index is 12.6. The van der Waals surface area contributed by atoms with Gasteiger partial charge in [-0.25, -0.2) is 0 Å². The lowest BCUT2D eigenvalue weighted by Crippen LogP contribution is -2.42. The predicted octanol–water partition coefficient (Wildman–Crippen LogP) is 3.82. The van der Waals surface area contributed by atoms with Crippen LogP contribution in [-0.4, -0.2) is 33.2 Å². The third-order valence-corrected chi connectivity index (χ3v) is 5.78. The van der Waals surface area contributed by atoms with E-state index in [1.165, 1.54) is 19.3 Å². The summed E-state index contributed by atoms with van der Waals surface area (Å²) in [4.78, 5) is 12.6. The molecule has 154 valence electrons. The average molecular weight is 399 g/mol. The Morgan fingerprint density at radius 2 is 1.78 bits per heavy atom. The molecule has 3 N–H and O–H groups in total. The molecule has 1 aliphatic rings. The highest BCUT2D eigenvalue weighted by atomic mass is 35.5. The minimum absolute atomic E-state index is 0. The largest absolute Gasteiger partial charge is 0.493 e. The summed E-state index contributed by atoms with van der Waals surface area (Å²) < 4.78 is 10.7. The molecule has 0 aromatic heterocycles. The molecule has 0 heterocycles. The molecule has 0 spiro atoms. The molecule has 0 aliphatic heterocycles. The van der Waals surface area contributed by atoms with Crippen LogP contribution in [0.5, 0.6) is 11.5 Å². The van der Waals surface area contributed by atoms with Gasteiger partial charge in [-0.2, -0.15) is 0 Å². The zero-order valence-electron chi connectivity index (χ0n) is 17.1. The molecule has 0 bridgehead atoms. The lowest BCUT2D eigenvalue weighted by molar-refractivity contribution is -0.124. The van der Waals surface area contributed by atoms with E-state index in [1.807, 2.05) is 18.2 Å². The van der Waals surface area contributed by atoms with E-state index < -0.39 is 0 Å². The standard InChI is InChI=1S/C21H34N2O3.ClH/c1-20(2,16-8-9-17(25-3)18(12-16)26-4)15-23-19(24)13-21(14-22)10-6-5-7-11-21;/h8-9,12H,5-7,10-11,13-15,22H2,1-4H3,(H,23,24);1H. The van der Waals surface area contributed by atoms with E-state index >= 15 is 0 Å². The van der Waals surface area contributed by atoms with E-state index in [0.29, 0.717) is 31.0 Å². The number of amides is 1. The first-order valence-electron chi connectivity index (χ1n) is 9.55. The molecule has 1 aliphatic carbocycles. The Bertz CT molecular complexity index is 613. The van der Waals surface area contributed by atoms with Crippen molar-refractivity contribution in [1.82, 2.24) is 5.32 Å². The second-order valence-corrected chi connectivity index (χ2v) is 8.17. The topological polar surface area (TPSA) is 73.6 Å². The van der Waals surface area contributed by atoms with E-state index in [1.54, 1.807) is 14.2 Å².